The quantitative estimate of drug-likeness (QED) is 0.399. The number of nitrogens with zero attached hydrogens (tertiary/aromatic N) is 3. The predicted molar refractivity (Wildman–Crippen MR) is 93.4 cm³/mol. The molecule has 2 aromatic carbocycles. The molecule has 26 heavy (non-hydrogen) atoms. The molecule has 0 N–H and O–H groups in total. The number of hydrogen-bond donors (Lipinski definition) is 0. The fraction of sp³-hybridized carbons (Fsp3) is 0.0588. The van der Waals surface area contributed by atoms with Crippen LogP contribution in [0.2, 0.25) is 0 Å². The molecule has 0 aliphatic heterocycles. The van der Waals surface area contributed by atoms with Gasteiger partial charge in [-0.2, -0.15) is 4.99 Å². The predicted octanol–water partition coefficient (Wildman–Crippen LogP) is 3.57. The minimum atomic E-state index is -0.728. The highest BCUT2D eigenvalue weighted by Gasteiger charge is 2.11. The minimum absolute atomic E-state index is 0.0512. The third-order valence-corrected chi connectivity index (χ3v) is 4.62. The zero-order chi connectivity index (χ0) is 18.8. The minimum Gasteiger partial charge on any atom is -0.317 e. The summed E-state index contributed by atoms with van der Waals surface area (Å²) >= 11 is 0.994. The van der Waals surface area contributed by atoms with E-state index in [1.807, 2.05) is 0 Å². The van der Waals surface area contributed by atoms with E-state index < -0.39 is 22.5 Å². The number of non-ortho nitro benzene ring substituents is 1. The van der Waals surface area contributed by atoms with Crippen molar-refractivity contribution < 1.29 is 18.5 Å². The van der Waals surface area contributed by atoms with Crippen LogP contribution in [0.25, 0.3) is 16.3 Å². The van der Waals surface area contributed by atoms with E-state index in [1.165, 1.54) is 54.1 Å². The van der Waals surface area contributed by atoms with Crippen LogP contribution in [-0.2, 0) is 11.8 Å². The van der Waals surface area contributed by atoms with E-state index in [9.17, 15) is 23.7 Å². The number of fused-ring (bicyclic) bond motifs is 1. The Morgan fingerprint density at radius 2 is 1.96 bits per heavy atom. The van der Waals surface area contributed by atoms with Gasteiger partial charge in [-0.25, -0.2) is 8.78 Å². The van der Waals surface area contributed by atoms with Gasteiger partial charge in [-0.3, -0.25) is 14.9 Å². The number of rotatable bonds is 3. The number of halogens is 2. The lowest BCUT2D eigenvalue weighted by atomic mass is 10.2. The molecule has 0 atom stereocenters. The zero-order valence-corrected chi connectivity index (χ0v) is 14.2. The van der Waals surface area contributed by atoms with Gasteiger partial charge < -0.3 is 4.57 Å². The lowest BCUT2D eigenvalue weighted by Crippen LogP contribution is -2.12. The van der Waals surface area contributed by atoms with Crippen LogP contribution in [-0.4, -0.2) is 15.4 Å². The van der Waals surface area contributed by atoms with Crippen LogP contribution in [0.3, 0.4) is 0 Å². The Labute approximate surface area is 149 Å². The third kappa shape index (κ3) is 3.57. The number of hydrogen-bond acceptors (Lipinski definition) is 4. The topological polar surface area (TPSA) is 77.5 Å². The van der Waals surface area contributed by atoms with Crippen molar-refractivity contribution in [1.29, 1.82) is 0 Å². The van der Waals surface area contributed by atoms with Gasteiger partial charge in [0.05, 0.1) is 15.1 Å². The van der Waals surface area contributed by atoms with E-state index >= 15 is 0 Å². The van der Waals surface area contributed by atoms with E-state index in [0.717, 1.165) is 17.4 Å². The Hall–Kier alpha value is -3.20. The second kappa shape index (κ2) is 6.96. The molecule has 0 saturated carbocycles. The summed E-state index contributed by atoms with van der Waals surface area (Å²) in [4.78, 5) is 26.2. The summed E-state index contributed by atoms with van der Waals surface area (Å²) in [5, 5.41) is 10.6. The number of thiazole rings is 1. The van der Waals surface area contributed by atoms with Gasteiger partial charge in [0.2, 0.25) is 0 Å². The number of carbonyl (C=O) groups is 1. The molecule has 0 aliphatic rings. The number of benzene rings is 2. The molecule has 0 fully saturated rings. The van der Waals surface area contributed by atoms with Crippen LogP contribution < -0.4 is 4.80 Å². The van der Waals surface area contributed by atoms with Crippen molar-refractivity contribution in [3.8, 4) is 0 Å². The zero-order valence-electron chi connectivity index (χ0n) is 13.3. The number of aromatic nitrogens is 1. The molecule has 132 valence electrons. The molecule has 1 heterocycles. The normalized spacial score (nSPS) is 12.2. The van der Waals surface area contributed by atoms with Crippen LogP contribution in [0.4, 0.5) is 14.5 Å². The first-order valence-corrected chi connectivity index (χ1v) is 8.12. The monoisotopic (exact) mass is 375 g/mol. The summed E-state index contributed by atoms with van der Waals surface area (Å²) < 4.78 is 28.9. The fourth-order valence-corrected chi connectivity index (χ4v) is 3.38. The van der Waals surface area contributed by atoms with Gasteiger partial charge in [-0.05, 0) is 29.8 Å². The Balaban J connectivity index is 1.89. The van der Waals surface area contributed by atoms with Crippen LogP contribution in [0.1, 0.15) is 5.56 Å². The van der Waals surface area contributed by atoms with Crippen LogP contribution >= 0.6 is 11.3 Å². The molecule has 0 aliphatic carbocycles. The van der Waals surface area contributed by atoms with Crippen LogP contribution in [0, 0.1) is 21.7 Å². The molecule has 9 heteroatoms. The molecule has 1 amide bonds. The van der Waals surface area contributed by atoms with Crippen molar-refractivity contribution in [1.82, 2.24) is 4.57 Å². The van der Waals surface area contributed by atoms with E-state index in [4.69, 9.17) is 0 Å². The van der Waals surface area contributed by atoms with Crippen molar-refractivity contribution in [2.24, 2.45) is 12.0 Å². The van der Waals surface area contributed by atoms with E-state index in [2.05, 4.69) is 4.99 Å². The van der Waals surface area contributed by atoms with Gasteiger partial charge >= 0.3 is 0 Å². The summed E-state index contributed by atoms with van der Waals surface area (Å²) in [6.45, 7) is 0. The first-order chi connectivity index (χ1) is 12.3. The molecule has 0 spiro atoms. The molecular weight excluding hydrogens is 364 g/mol. The number of carbonyl (C=O) groups excluding carboxylic acids is 1. The van der Waals surface area contributed by atoms with Crippen LogP contribution in [0.15, 0.2) is 47.5 Å². The maximum Gasteiger partial charge on any atom is 0.272 e. The summed E-state index contributed by atoms with van der Waals surface area (Å²) in [6.07, 6.45) is 2.66. The van der Waals surface area contributed by atoms with Gasteiger partial charge in [0.1, 0.15) is 5.82 Å². The SMILES string of the molecule is Cn1c(=NC(=O)C=Cc2ccc([N+](=O)[O-])cc2)sc2cc(F)cc(F)c21. The fourth-order valence-electron chi connectivity index (χ4n) is 2.31. The highest BCUT2D eigenvalue weighted by atomic mass is 32.1. The molecule has 0 unspecified atom stereocenters. The standard InChI is InChI=1S/C17H11F2N3O3S/c1-21-16-13(19)8-11(18)9-14(16)26-17(21)20-15(23)7-4-10-2-5-12(6-3-10)22(24)25/h2-9H,1H3. The Morgan fingerprint density at radius 3 is 2.62 bits per heavy atom. The summed E-state index contributed by atoms with van der Waals surface area (Å²) in [5.74, 6) is -2.02. The largest absolute Gasteiger partial charge is 0.317 e. The van der Waals surface area contributed by atoms with Gasteiger partial charge in [-0.15, -0.1) is 0 Å². The van der Waals surface area contributed by atoms with Crippen molar-refractivity contribution in [2.75, 3.05) is 0 Å². The van der Waals surface area contributed by atoms with E-state index in [-0.39, 0.29) is 16.0 Å². The van der Waals surface area contributed by atoms with Gasteiger partial charge in [0.15, 0.2) is 10.6 Å². The van der Waals surface area contributed by atoms with Crippen LogP contribution in [0.5, 0.6) is 0 Å². The average molecular weight is 375 g/mol. The number of nitro groups is 1. The molecule has 0 radical (unpaired) electrons. The molecule has 3 rings (SSSR count). The van der Waals surface area contributed by atoms with Crippen molar-refractivity contribution in [3.05, 3.63) is 74.6 Å². The average Bonchev–Trinajstić information content (AvgIpc) is 2.89. The van der Waals surface area contributed by atoms with Gasteiger partial charge in [-0.1, -0.05) is 11.3 Å². The number of aryl methyl sites for hydroxylation is 1. The molecule has 0 saturated heterocycles. The Bertz CT molecular complexity index is 1110. The summed E-state index contributed by atoms with van der Waals surface area (Å²) in [7, 11) is 1.53. The first-order valence-electron chi connectivity index (χ1n) is 7.31. The summed E-state index contributed by atoms with van der Waals surface area (Å²) in [5.41, 5.74) is 0.708. The lowest BCUT2D eigenvalue weighted by Gasteiger charge is -1.97. The van der Waals surface area contributed by atoms with Crippen molar-refractivity contribution >= 4 is 39.2 Å². The highest BCUT2D eigenvalue weighted by molar-refractivity contribution is 7.16. The molecule has 6 nitrogen and oxygen atoms in total. The van der Waals surface area contributed by atoms with Gasteiger partial charge in [0.25, 0.3) is 11.6 Å². The van der Waals surface area contributed by atoms with E-state index in [1.54, 1.807) is 0 Å². The van der Waals surface area contributed by atoms with E-state index in [0.29, 0.717) is 10.3 Å². The second-order valence-electron chi connectivity index (χ2n) is 5.31. The maximum atomic E-state index is 13.9. The number of nitro benzene ring substituents is 1. The van der Waals surface area contributed by atoms with Gasteiger partial charge in [0, 0.05) is 31.3 Å². The Kier molecular flexibility index (Phi) is 4.72. The maximum absolute atomic E-state index is 13.9. The third-order valence-electron chi connectivity index (χ3n) is 3.54. The highest BCUT2D eigenvalue weighted by Crippen LogP contribution is 2.21. The summed E-state index contributed by atoms with van der Waals surface area (Å²) in [6, 6.07) is 7.60. The molecule has 3 aromatic rings. The molecule has 1 aromatic heterocycles. The molecule has 0 bridgehead atoms. The van der Waals surface area contributed by atoms with Crippen molar-refractivity contribution in [2.45, 2.75) is 0 Å². The number of amides is 1. The lowest BCUT2D eigenvalue weighted by molar-refractivity contribution is -0.384. The smallest absolute Gasteiger partial charge is 0.272 e. The first kappa shape index (κ1) is 17.6. The van der Waals surface area contributed by atoms with Crippen molar-refractivity contribution in [3.63, 3.8) is 0 Å². The second-order valence-corrected chi connectivity index (χ2v) is 6.32. The molecular formula is C17H11F2N3O3S. The Morgan fingerprint density at radius 1 is 1.27 bits per heavy atom.